The molecule has 21 heavy (non-hydrogen) atoms. The summed E-state index contributed by atoms with van der Waals surface area (Å²) in [6, 6.07) is 2.57. The maximum Gasteiger partial charge on any atom is 0.356 e. The van der Waals surface area contributed by atoms with Crippen LogP contribution in [0.5, 0.6) is 17.2 Å². The third kappa shape index (κ3) is 2.35. The number of methoxy groups -OCH3 is 2. The molecule has 0 unspecified atom stereocenters. The molecule has 112 valence electrons. The van der Waals surface area contributed by atoms with Crippen LogP contribution in [-0.4, -0.2) is 40.2 Å². The monoisotopic (exact) mass is 296 g/mol. The van der Waals surface area contributed by atoms with Crippen molar-refractivity contribution in [2.45, 2.75) is 0 Å². The predicted molar refractivity (Wildman–Crippen MR) is 70.3 cm³/mol. The molecule has 2 N–H and O–H groups in total. The van der Waals surface area contributed by atoms with Gasteiger partial charge in [-0.15, -0.1) is 0 Å². The van der Waals surface area contributed by atoms with Crippen LogP contribution in [0.4, 0.5) is 4.39 Å². The summed E-state index contributed by atoms with van der Waals surface area (Å²) in [4.78, 5) is 10.9. The van der Waals surface area contributed by atoms with Crippen molar-refractivity contribution >= 4 is 5.97 Å². The van der Waals surface area contributed by atoms with E-state index in [1.165, 1.54) is 38.1 Å². The van der Waals surface area contributed by atoms with Crippen molar-refractivity contribution in [1.82, 2.24) is 9.78 Å². The van der Waals surface area contributed by atoms with E-state index in [9.17, 15) is 14.3 Å². The Kier molecular flexibility index (Phi) is 3.70. The second-order valence-corrected chi connectivity index (χ2v) is 4.17. The number of hydrogen-bond donors (Lipinski definition) is 2. The van der Waals surface area contributed by atoms with Crippen molar-refractivity contribution in [2.75, 3.05) is 14.2 Å². The van der Waals surface area contributed by atoms with Crippen molar-refractivity contribution in [1.29, 1.82) is 0 Å². The molecule has 0 amide bonds. The molecule has 0 aliphatic heterocycles. The van der Waals surface area contributed by atoms with Gasteiger partial charge in [-0.05, 0) is 12.1 Å². The molecule has 1 aromatic carbocycles. The number of benzene rings is 1. The zero-order valence-electron chi connectivity index (χ0n) is 11.5. The van der Waals surface area contributed by atoms with Gasteiger partial charge in [-0.2, -0.15) is 9.49 Å². The number of aromatic nitrogens is 2. The number of phenolic OH excluding ortho intramolecular Hbond substituents is 1. The number of nitrogens with zero attached hydrogens (tertiary/aromatic N) is 2. The first-order valence-corrected chi connectivity index (χ1v) is 5.81. The number of hydrogen-bond acceptors (Lipinski definition) is 5. The zero-order valence-corrected chi connectivity index (χ0v) is 11.5. The van der Waals surface area contributed by atoms with E-state index in [-0.39, 0.29) is 28.5 Å². The Morgan fingerprint density at radius 1 is 1.33 bits per heavy atom. The molecule has 0 spiro atoms. The largest absolute Gasteiger partial charge is 0.504 e. The quantitative estimate of drug-likeness (QED) is 0.891. The molecule has 2 rings (SSSR count). The van der Waals surface area contributed by atoms with E-state index in [4.69, 9.17) is 14.6 Å². The first-order chi connectivity index (χ1) is 9.90. The Bertz CT molecular complexity index is 711. The van der Waals surface area contributed by atoms with E-state index in [1.54, 1.807) is 0 Å². The molecule has 0 saturated carbocycles. The molecule has 1 aromatic heterocycles. The van der Waals surface area contributed by atoms with Gasteiger partial charge in [0.15, 0.2) is 17.2 Å². The molecule has 1 heterocycles. The third-order valence-electron chi connectivity index (χ3n) is 2.96. The molecule has 8 heteroatoms. The first kappa shape index (κ1) is 14.6. The molecule has 0 saturated heterocycles. The highest BCUT2D eigenvalue weighted by Crippen LogP contribution is 2.42. The number of rotatable bonds is 4. The maximum atomic E-state index is 14.1. The lowest BCUT2D eigenvalue weighted by Crippen LogP contribution is -2.00. The lowest BCUT2D eigenvalue weighted by molar-refractivity contribution is 0.0689. The number of aromatic hydroxyl groups is 1. The average molecular weight is 296 g/mol. The van der Waals surface area contributed by atoms with E-state index in [2.05, 4.69) is 5.10 Å². The molecule has 0 atom stereocenters. The minimum absolute atomic E-state index is 0.0488. The molecular formula is C13H13FN2O5. The molecule has 0 fully saturated rings. The summed E-state index contributed by atoms with van der Waals surface area (Å²) in [5, 5.41) is 22.6. The van der Waals surface area contributed by atoms with Gasteiger partial charge in [0.25, 0.3) is 0 Å². The summed E-state index contributed by atoms with van der Waals surface area (Å²) in [5.41, 5.74) is 0.0551. The van der Waals surface area contributed by atoms with E-state index in [0.717, 1.165) is 0 Å². The number of aromatic carboxylic acids is 1. The Labute approximate surface area is 119 Å². The fourth-order valence-corrected chi connectivity index (χ4v) is 1.96. The minimum Gasteiger partial charge on any atom is -0.504 e. The van der Waals surface area contributed by atoms with Gasteiger partial charge in [-0.25, -0.2) is 4.79 Å². The summed E-state index contributed by atoms with van der Waals surface area (Å²) >= 11 is 0. The highest BCUT2D eigenvalue weighted by molar-refractivity contribution is 5.87. The summed E-state index contributed by atoms with van der Waals surface area (Å²) in [7, 11) is 4.05. The normalized spacial score (nSPS) is 10.5. The van der Waals surface area contributed by atoms with Gasteiger partial charge in [0, 0.05) is 12.6 Å². The first-order valence-electron chi connectivity index (χ1n) is 5.81. The maximum absolute atomic E-state index is 14.1. The number of ether oxygens (including phenoxy) is 2. The van der Waals surface area contributed by atoms with Crippen molar-refractivity contribution in [3.63, 3.8) is 0 Å². The minimum atomic E-state index is -1.22. The summed E-state index contributed by atoms with van der Waals surface area (Å²) < 4.78 is 25.2. The molecule has 2 aromatic rings. The summed E-state index contributed by atoms with van der Waals surface area (Å²) in [6.45, 7) is 0. The van der Waals surface area contributed by atoms with Crippen LogP contribution in [0.2, 0.25) is 0 Å². The van der Waals surface area contributed by atoms with Crippen LogP contribution in [-0.2, 0) is 7.05 Å². The van der Waals surface area contributed by atoms with Gasteiger partial charge in [0.2, 0.25) is 11.6 Å². The predicted octanol–water partition coefficient (Wildman–Crippen LogP) is 1.65. The Morgan fingerprint density at radius 2 is 2.00 bits per heavy atom. The van der Waals surface area contributed by atoms with Crippen LogP contribution in [0, 0.1) is 5.82 Å². The van der Waals surface area contributed by atoms with Crippen molar-refractivity contribution in [2.24, 2.45) is 7.05 Å². The fourth-order valence-electron chi connectivity index (χ4n) is 1.96. The number of carbonyl (C=O) groups is 1. The van der Waals surface area contributed by atoms with E-state index < -0.39 is 17.5 Å². The van der Waals surface area contributed by atoms with Crippen molar-refractivity contribution < 1.29 is 28.9 Å². The molecule has 0 bridgehead atoms. The molecule has 7 nitrogen and oxygen atoms in total. The summed E-state index contributed by atoms with van der Waals surface area (Å²) in [6.07, 6.45) is 0. The third-order valence-corrected chi connectivity index (χ3v) is 2.96. The molecular weight excluding hydrogens is 283 g/mol. The Morgan fingerprint density at radius 3 is 2.48 bits per heavy atom. The average Bonchev–Trinajstić information content (AvgIpc) is 2.83. The van der Waals surface area contributed by atoms with E-state index in [1.807, 2.05) is 0 Å². The van der Waals surface area contributed by atoms with Crippen LogP contribution < -0.4 is 9.47 Å². The van der Waals surface area contributed by atoms with Crippen LogP contribution in [0.1, 0.15) is 10.5 Å². The van der Waals surface area contributed by atoms with Crippen molar-refractivity contribution in [3.05, 3.63) is 23.6 Å². The van der Waals surface area contributed by atoms with Gasteiger partial charge in [0.05, 0.1) is 19.9 Å². The molecule has 0 aliphatic carbocycles. The van der Waals surface area contributed by atoms with E-state index in [0.29, 0.717) is 0 Å². The second kappa shape index (κ2) is 5.31. The molecule has 0 aliphatic rings. The highest BCUT2D eigenvalue weighted by Gasteiger charge is 2.23. The molecule has 0 radical (unpaired) electrons. The smallest absolute Gasteiger partial charge is 0.356 e. The number of aryl methyl sites for hydroxylation is 1. The lowest BCUT2D eigenvalue weighted by Gasteiger charge is -2.13. The standard InChI is InChI=1S/C13H13FN2O5/c1-16-8(5-7(15-16)13(18)19)6-4-9(20-2)12(21-3)10(14)11(6)17/h4-5,17H,1-3H3,(H,18,19). The zero-order chi connectivity index (χ0) is 15.7. The van der Waals surface area contributed by atoms with Crippen LogP contribution in [0.3, 0.4) is 0 Å². The van der Waals surface area contributed by atoms with E-state index >= 15 is 0 Å². The van der Waals surface area contributed by atoms with Crippen LogP contribution >= 0.6 is 0 Å². The fraction of sp³-hybridized carbons (Fsp3) is 0.231. The van der Waals surface area contributed by atoms with Gasteiger partial charge in [-0.1, -0.05) is 0 Å². The van der Waals surface area contributed by atoms with Crippen molar-refractivity contribution in [3.8, 4) is 28.5 Å². The van der Waals surface area contributed by atoms with Gasteiger partial charge in [0.1, 0.15) is 0 Å². The topological polar surface area (TPSA) is 93.8 Å². The summed E-state index contributed by atoms with van der Waals surface area (Å²) in [5.74, 6) is -3.06. The SMILES string of the molecule is COc1cc(-c2cc(C(=O)O)nn2C)c(O)c(F)c1OC. The Hall–Kier alpha value is -2.77. The Balaban J connectivity index is 2.70. The van der Waals surface area contributed by atoms with Crippen LogP contribution in [0.25, 0.3) is 11.3 Å². The van der Waals surface area contributed by atoms with Crippen LogP contribution in [0.15, 0.2) is 12.1 Å². The second-order valence-electron chi connectivity index (χ2n) is 4.17. The van der Waals surface area contributed by atoms with Gasteiger partial charge >= 0.3 is 5.97 Å². The number of carboxylic acids is 1. The number of phenols is 1. The number of halogens is 1. The highest BCUT2D eigenvalue weighted by atomic mass is 19.1. The lowest BCUT2D eigenvalue weighted by atomic mass is 10.1. The van der Waals surface area contributed by atoms with Gasteiger partial charge < -0.3 is 19.7 Å². The number of carboxylic acid groups (broad SMARTS) is 1. The van der Waals surface area contributed by atoms with Gasteiger partial charge in [-0.3, -0.25) is 4.68 Å².